The van der Waals surface area contributed by atoms with Crippen molar-refractivity contribution >= 4 is 28.3 Å². The Labute approximate surface area is 214 Å². The lowest BCUT2D eigenvalue weighted by atomic mass is 9.70. The van der Waals surface area contributed by atoms with Crippen molar-refractivity contribution in [3.05, 3.63) is 92.9 Å². The number of carbonyl (C=O) groups excluding carboxylic acids is 1. The second-order valence-corrected chi connectivity index (χ2v) is 10.7. The summed E-state index contributed by atoms with van der Waals surface area (Å²) in [6.45, 7) is 6.30. The van der Waals surface area contributed by atoms with Crippen molar-refractivity contribution in [1.29, 1.82) is 5.26 Å². The van der Waals surface area contributed by atoms with E-state index in [0.29, 0.717) is 34.8 Å². The summed E-state index contributed by atoms with van der Waals surface area (Å²) in [5, 5.41) is 11.3. The van der Waals surface area contributed by atoms with E-state index in [-0.39, 0.29) is 35.0 Å². The van der Waals surface area contributed by atoms with Crippen LogP contribution >= 0.6 is 11.6 Å². The number of hydrogen-bond acceptors (Lipinski definition) is 4. The molecule has 2 aromatic carbocycles. The Kier molecular flexibility index (Phi) is 5.92. The molecule has 1 aliphatic carbocycles. The third-order valence-corrected chi connectivity index (χ3v) is 7.52. The van der Waals surface area contributed by atoms with Gasteiger partial charge in [0.25, 0.3) is 0 Å². The van der Waals surface area contributed by atoms with Gasteiger partial charge in [-0.3, -0.25) is 4.79 Å². The van der Waals surface area contributed by atoms with Crippen LogP contribution in [0.2, 0.25) is 5.02 Å². The van der Waals surface area contributed by atoms with Gasteiger partial charge in [-0.15, -0.1) is 0 Å². The first kappa shape index (κ1) is 24.1. The molecule has 0 amide bonds. The third-order valence-electron chi connectivity index (χ3n) is 7.17. The van der Waals surface area contributed by atoms with Crippen LogP contribution in [0.15, 0.2) is 65.4 Å². The third kappa shape index (κ3) is 3.88. The molecule has 0 saturated carbocycles. The molecule has 0 spiro atoms. The second kappa shape index (κ2) is 8.83. The predicted molar refractivity (Wildman–Crippen MR) is 138 cm³/mol. The average Bonchev–Trinajstić information content (AvgIpc) is 3.18. The Morgan fingerprint density at radius 3 is 2.69 bits per heavy atom. The Morgan fingerprint density at radius 2 is 2.00 bits per heavy atom. The van der Waals surface area contributed by atoms with Gasteiger partial charge in [-0.1, -0.05) is 56.6 Å². The van der Waals surface area contributed by atoms with Crippen LogP contribution in [-0.2, 0) is 22.5 Å². The van der Waals surface area contributed by atoms with Gasteiger partial charge in [0.2, 0.25) is 5.88 Å². The van der Waals surface area contributed by atoms with Gasteiger partial charge in [-0.25, -0.2) is 4.39 Å². The molecule has 184 valence electrons. The number of rotatable bonds is 4. The number of hydrogen-bond donors (Lipinski definition) is 1. The van der Waals surface area contributed by atoms with Gasteiger partial charge >= 0.3 is 0 Å². The summed E-state index contributed by atoms with van der Waals surface area (Å²) in [5.74, 6) is -0.535. The van der Waals surface area contributed by atoms with E-state index in [1.807, 2.05) is 42.8 Å². The summed E-state index contributed by atoms with van der Waals surface area (Å²) in [6, 6.07) is 12.8. The first-order chi connectivity index (χ1) is 17.1. The standard InChI is InChI=1S/C29H27ClFN3O2/c1-4-16-7-5-8-17-19(14-34(27(16)17)15-20-21(30)9-6-10-22(20)31)25-18(13-32)28(33)36-24-12-29(2,3)11-23(35)26(24)25/h5-10,14,25H,4,11-12,15,33H2,1-3H3. The summed E-state index contributed by atoms with van der Waals surface area (Å²) in [5.41, 5.74) is 9.82. The minimum atomic E-state index is -0.658. The topological polar surface area (TPSA) is 81.0 Å². The maximum absolute atomic E-state index is 14.8. The number of allylic oxidation sites excluding steroid dienone is 3. The fourth-order valence-electron chi connectivity index (χ4n) is 5.55. The van der Waals surface area contributed by atoms with E-state index in [9.17, 15) is 14.4 Å². The van der Waals surface area contributed by atoms with Gasteiger partial charge in [-0.05, 0) is 35.1 Å². The minimum Gasteiger partial charge on any atom is -0.444 e. The molecule has 3 aromatic rings. The summed E-state index contributed by atoms with van der Waals surface area (Å²) in [6.07, 6.45) is 3.57. The largest absolute Gasteiger partial charge is 0.444 e. The van der Waals surface area contributed by atoms with Crippen LogP contribution in [0.4, 0.5) is 4.39 Å². The van der Waals surface area contributed by atoms with Crippen LogP contribution < -0.4 is 5.73 Å². The molecule has 7 heteroatoms. The minimum absolute atomic E-state index is 0.0245. The normalized spacial score (nSPS) is 19.3. The molecule has 2 aliphatic rings. The second-order valence-electron chi connectivity index (χ2n) is 10.3. The van der Waals surface area contributed by atoms with Crippen molar-refractivity contribution in [2.75, 3.05) is 0 Å². The SMILES string of the molecule is CCc1cccc2c(C3C(C#N)=C(N)OC4=C3C(=O)CC(C)(C)C4)cn(Cc3c(F)cccc3Cl)c12. The zero-order valence-corrected chi connectivity index (χ0v) is 21.2. The van der Waals surface area contributed by atoms with Crippen molar-refractivity contribution in [1.82, 2.24) is 4.57 Å². The number of aromatic nitrogens is 1. The molecular formula is C29H27ClFN3O2. The van der Waals surface area contributed by atoms with Gasteiger partial charge < -0.3 is 15.0 Å². The summed E-state index contributed by atoms with van der Waals surface area (Å²) < 4.78 is 22.6. The molecule has 2 heterocycles. The van der Waals surface area contributed by atoms with Crippen molar-refractivity contribution in [2.24, 2.45) is 11.1 Å². The highest BCUT2D eigenvalue weighted by atomic mass is 35.5. The number of benzene rings is 2. The van der Waals surface area contributed by atoms with Crippen LogP contribution in [0.5, 0.6) is 0 Å². The molecule has 1 atom stereocenters. The summed E-state index contributed by atoms with van der Waals surface area (Å²) in [4.78, 5) is 13.5. The monoisotopic (exact) mass is 503 g/mol. The van der Waals surface area contributed by atoms with Gasteiger partial charge in [0, 0.05) is 40.6 Å². The van der Waals surface area contributed by atoms with Crippen molar-refractivity contribution in [3.63, 3.8) is 0 Å². The van der Waals surface area contributed by atoms with E-state index in [1.54, 1.807) is 12.1 Å². The number of halogens is 2. The molecular weight excluding hydrogens is 477 g/mol. The van der Waals surface area contributed by atoms with Gasteiger partial charge in [0.15, 0.2) is 5.78 Å². The average molecular weight is 504 g/mol. The maximum atomic E-state index is 14.8. The van der Waals surface area contributed by atoms with Gasteiger partial charge in [-0.2, -0.15) is 5.26 Å². The van der Waals surface area contributed by atoms with Gasteiger partial charge in [0.05, 0.1) is 18.0 Å². The Morgan fingerprint density at radius 1 is 1.25 bits per heavy atom. The number of Topliss-reactive ketones (excluding diaryl/α,β-unsaturated/α-hetero) is 1. The number of fused-ring (bicyclic) bond motifs is 1. The Hall–Kier alpha value is -3.56. The van der Waals surface area contributed by atoms with Crippen molar-refractivity contribution in [3.8, 4) is 6.07 Å². The van der Waals surface area contributed by atoms with Crippen LogP contribution in [0.3, 0.4) is 0 Å². The predicted octanol–water partition coefficient (Wildman–Crippen LogP) is 6.50. The molecule has 0 fully saturated rings. The van der Waals surface area contributed by atoms with Crippen LogP contribution in [0.25, 0.3) is 10.9 Å². The first-order valence-corrected chi connectivity index (χ1v) is 12.4. The molecule has 5 rings (SSSR count). The fourth-order valence-corrected chi connectivity index (χ4v) is 5.78. The van der Waals surface area contributed by atoms with Crippen LogP contribution in [-0.4, -0.2) is 10.4 Å². The number of nitriles is 1. The smallest absolute Gasteiger partial charge is 0.205 e. The van der Waals surface area contributed by atoms with Crippen LogP contribution in [0.1, 0.15) is 56.2 Å². The molecule has 1 aliphatic heterocycles. The van der Waals surface area contributed by atoms with Crippen molar-refractivity contribution < 1.29 is 13.9 Å². The lowest BCUT2D eigenvalue weighted by Crippen LogP contribution is -2.33. The Balaban J connectivity index is 1.77. The van der Waals surface area contributed by atoms with Crippen molar-refractivity contribution in [2.45, 2.75) is 52.5 Å². The zero-order chi connectivity index (χ0) is 25.8. The number of ether oxygens (including phenoxy) is 1. The highest BCUT2D eigenvalue weighted by Gasteiger charge is 2.43. The van der Waals surface area contributed by atoms with E-state index in [2.05, 4.69) is 13.0 Å². The molecule has 1 aromatic heterocycles. The number of nitrogens with two attached hydrogens (primary N) is 1. The molecule has 0 saturated heterocycles. The molecule has 2 N–H and O–H groups in total. The van der Waals surface area contributed by atoms with Gasteiger partial charge in [0.1, 0.15) is 23.2 Å². The van der Waals surface area contributed by atoms with E-state index in [1.165, 1.54) is 6.07 Å². The molecule has 1 unspecified atom stereocenters. The quantitative estimate of drug-likeness (QED) is 0.441. The molecule has 36 heavy (non-hydrogen) atoms. The number of ketones is 1. The zero-order valence-electron chi connectivity index (χ0n) is 20.5. The number of nitrogens with zero attached hydrogens (tertiary/aromatic N) is 2. The molecule has 0 radical (unpaired) electrons. The van der Waals surface area contributed by atoms with E-state index < -0.39 is 5.92 Å². The Bertz CT molecular complexity index is 1500. The molecule has 0 bridgehead atoms. The first-order valence-electron chi connectivity index (χ1n) is 12.0. The summed E-state index contributed by atoms with van der Waals surface area (Å²) >= 11 is 6.37. The fraction of sp³-hybridized carbons (Fsp3) is 0.310. The maximum Gasteiger partial charge on any atom is 0.205 e. The lowest BCUT2D eigenvalue weighted by Gasteiger charge is -2.37. The lowest BCUT2D eigenvalue weighted by molar-refractivity contribution is -0.119. The van der Waals surface area contributed by atoms with Crippen LogP contribution in [0, 0.1) is 22.6 Å². The summed E-state index contributed by atoms with van der Waals surface area (Å²) in [7, 11) is 0. The highest BCUT2D eigenvalue weighted by Crippen LogP contribution is 2.49. The van der Waals surface area contributed by atoms with E-state index >= 15 is 0 Å². The van der Waals surface area contributed by atoms with E-state index in [0.717, 1.165) is 28.5 Å². The number of carbonyl (C=O) groups is 1. The highest BCUT2D eigenvalue weighted by molar-refractivity contribution is 6.31. The number of aryl methyl sites for hydroxylation is 1. The molecule has 5 nitrogen and oxygen atoms in total. The number of para-hydroxylation sites is 1. The van der Waals surface area contributed by atoms with E-state index in [4.69, 9.17) is 22.1 Å².